The molecule has 1 amide bonds. The van der Waals surface area contributed by atoms with Crippen LogP contribution in [0.2, 0.25) is 0 Å². The van der Waals surface area contributed by atoms with E-state index in [1.165, 1.54) is 28.0 Å². The third kappa shape index (κ3) is 3.65. The molecule has 1 aromatic carbocycles. The molecule has 4 rings (SSSR count). The summed E-state index contributed by atoms with van der Waals surface area (Å²) < 4.78 is 0. The average Bonchev–Trinajstić information content (AvgIpc) is 3.29. The minimum absolute atomic E-state index is 0.123. The third-order valence-corrected chi connectivity index (χ3v) is 7.13. The van der Waals surface area contributed by atoms with Gasteiger partial charge in [0.05, 0.1) is 16.4 Å². The van der Waals surface area contributed by atoms with Crippen molar-refractivity contribution in [2.24, 2.45) is 10.7 Å². The minimum atomic E-state index is -0.962. The van der Waals surface area contributed by atoms with Crippen LogP contribution in [0.3, 0.4) is 0 Å². The molecule has 8 heteroatoms. The van der Waals surface area contributed by atoms with Crippen LogP contribution in [0.5, 0.6) is 0 Å². The molecule has 0 radical (unpaired) electrons. The van der Waals surface area contributed by atoms with Gasteiger partial charge >= 0.3 is 0 Å². The van der Waals surface area contributed by atoms with Gasteiger partial charge in [-0.15, -0.1) is 11.3 Å². The van der Waals surface area contributed by atoms with Crippen molar-refractivity contribution in [3.05, 3.63) is 70.6 Å². The number of carbonyl (C=O) groups is 1. The molecule has 3 heterocycles. The van der Waals surface area contributed by atoms with Gasteiger partial charge in [0.2, 0.25) is 5.91 Å². The molecule has 0 saturated carbocycles. The summed E-state index contributed by atoms with van der Waals surface area (Å²) >= 11 is 1.43. The van der Waals surface area contributed by atoms with E-state index in [0.29, 0.717) is 16.5 Å². The molecule has 0 spiro atoms. The van der Waals surface area contributed by atoms with E-state index in [1.807, 2.05) is 19.1 Å². The molecule has 0 bridgehead atoms. The quantitative estimate of drug-likeness (QED) is 0.655. The fourth-order valence-electron chi connectivity index (χ4n) is 3.91. The standard InChI is InChI=1S/C24H24N6OS/c1-14(2)16-5-7-17(8-6-16)20-21(31)30(4)23(26)29-24(20,3)22-28-13-19(32-22)18-9-15(10-25)11-27-12-18/h5-9,11-14,20H,1-4H3,(H2,26,29)/t20?,24-/m0/s1. The zero-order chi connectivity index (χ0) is 23.0. The van der Waals surface area contributed by atoms with Gasteiger partial charge in [0.1, 0.15) is 16.6 Å². The minimum Gasteiger partial charge on any atom is -0.369 e. The van der Waals surface area contributed by atoms with Crippen LogP contribution in [0.4, 0.5) is 0 Å². The maximum absolute atomic E-state index is 13.4. The van der Waals surface area contributed by atoms with Gasteiger partial charge in [-0.25, -0.2) is 9.98 Å². The molecule has 2 aromatic heterocycles. The van der Waals surface area contributed by atoms with E-state index in [9.17, 15) is 10.1 Å². The smallest absolute Gasteiger partial charge is 0.239 e. The van der Waals surface area contributed by atoms with Gasteiger partial charge in [-0.05, 0) is 30.0 Å². The van der Waals surface area contributed by atoms with Gasteiger partial charge in [0.25, 0.3) is 0 Å². The molecule has 1 unspecified atom stereocenters. The molecular formula is C24H24N6OS. The number of rotatable bonds is 4. The van der Waals surface area contributed by atoms with Crippen molar-refractivity contribution in [3.8, 4) is 16.5 Å². The molecule has 0 fully saturated rings. The van der Waals surface area contributed by atoms with Gasteiger partial charge in [0.15, 0.2) is 5.96 Å². The number of nitriles is 1. The summed E-state index contributed by atoms with van der Waals surface area (Å²) in [6.07, 6.45) is 4.95. The Labute approximate surface area is 191 Å². The molecule has 162 valence electrons. The number of aromatic nitrogens is 2. The fourth-order valence-corrected chi connectivity index (χ4v) is 4.93. The lowest BCUT2D eigenvalue weighted by molar-refractivity contribution is -0.130. The first-order valence-electron chi connectivity index (χ1n) is 10.3. The number of aliphatic imine (C=N–C) groups is 1. The first kappa shape index (κ1) is 21.7. The number of carbonyl (C=O) groups excluding carboxylic acids is 1. The van der Waals surface area contributed by atoms with E-state index >= 15 is 0 Å². The van der Waals surface area contributed by atoms with E-state index in [4.69, 9.17) is 10.7 Å². The largest absolute Gasteiger partial charge is 0.369 e. The van der Waals surface area contributed by atoms with Crippen molar-refractivity contribution in [1.29, 1.82) is 5.26 Å². The lowest BCUT2D eigenvalue weighted by atomic mass is 9.78. The van der Waals surface area contributed by atoms with E-state index < -0.39 is 11.5 Å². The van der Waals surface area contributed by atoms with Gasteiger partial charge in [0, 0.05) is 31.2 Å². The predicted octanol–water partition coefficient (Wildman–Crippen LogP) is 3.99. The second-order valence-electron chi connectivity index (χ2n) is 8.37. The SMILES string of the molecule is CC(C)c1ccc(C2C(=O)N(C)C(N)=N[C@]2(C)c2ncc(-c3cncc(C#N)c3)s2)cc1. The summed E-state index contributed by atoms with van der Waals surface area (Å²) in [7, 11) is 1.64. The van der Waals surface area contributed by atoms with Gasteiger partial charge in [-0.3, -0.25) is 14.7 Å². The first-order chi connectivity index (χ1) is 15.2. The zero-order valence-corrected chi connectivity index (χ0v) is 19.2. The molecule has 1 aliphatic rings. The topological polar surface area (TPSA) is 108 Å². The molecule has 2 atom stereocenters. The molecule has 3 aromatic rings. The van der Waals surface area contributed by atoms with Crippen molar-refractivity contribution < 1.29 is 4.79 Å². The van der Waals surface area contributed by atoms with Crippen LogP contribution in [0.1, 0.15) is 54.3 Å². The average molecular weight is 445 g/mol. The number of nitrogens with zero attached hydrogens (tertiary/aromatic N) is 5. The summed E-state index contributed by atoms with van der Waals surface area (Å²) in [6.45, 7) is 6.17. The number of thiazole rings is 1. The van der Waals surface area contributed by atoms with Crippen molar-refractivity contribution >= 4 is 23.2 Å². The number of hydrogen-bond donors (Lipinski definition) is 1. The molecule has 1 aliphatic heterocycles. The zero-order valence-electron chi connectivity index (χ0n) is 18.4. The molecule has 2 N–H and O–H groups in total. The van der Waals surface area contributed by atoms with E-state index in [2.05, 4.69) is 42.0 Å². The van der Waals surface area contributed by atoms with Crippen LogP contribution in [-0.2, 0) is 10.3 Å². The Kier molecular flexibility index (Phi) is 5.53. The number of hydrogen-bond acceptors (Lipinski definition) is 7. The maximum atomic E-state index is 13.4. The Morgan fingerprint density at radius 3 is 2.59 bits per heavy atom. The lowest BCUT2D eigenvalue weighted by Crippen LogP contribution is -2.52. The molecule has 0 aliphatic carbocycles. The molecular weight excluding hydrogens is 420 g/mol. The highest BCUT2D eigenvalue weighted by Crippen LogP contribution is 2.46. The summed E-state index contributed by atoms with van der Waals surface area (Å²) in [5, 5.41) is 9.86. The highest BCUT2D eigenvalue weighted by Gasteiger charge is 2.49. The maximum Gasteiger partial charge on any atom is 0.239 e. The van der Waals surface area contributed by atoms with E-state index in [-0.39, 0.29) is 11.9 Å². The number of guanidine groups is 1. The van der Waals surface area contributed by atoms with Crippen molar-refractivity contribution in [1.82, 2.24) is 14.9 Å². The Balaban J connectivity index is 1.81. The number of pyridine rings is 1. The summed E-state index contributed by atoms with van der Waals surface area (Å²) in [5.74, 6) is -0.128. The number of benzene rings is 1. The molecule has 32 heavy (non-hydrogen) atoms. The van der Waals surface area contributed by atoms with Crippen LogP contribution >= 0.6 is 11.3 Å². The number of amides is 1. The summed E-state index contributed by atoms with van der Waals surface area (Å²) in [5.41, 5.74) is 8.51. The van der Waals surface area contributed by atoms with Crippen LogP contribution in [-0.4, -0.2) is 33.8 Å². The Morgan fingerprint density at radius 1 is 1.22 bits per heavy atom. The van der Waals surface area contributed by atoms with Crippen molar-refractivity contribution in [2.45, 2.75) is 38.1 Å². The second kappa shape index (κ2) is 8.17. The lowest BCUT2D eigenvalue weighted by Gasteiger charge is -2.39. The number of nitrogens with two attached hydrogens (primary N) is 1. The Bertz CT molecular complexity index is 1240. The first-order valence-corrected chi connectivity index (χ1v) is 11.1. The second-order valence-corrected chi connectivity index (χ2v) is 9.40. The normalized spacial score (nSPS) is 20.9. The Morgan fingerprint density at radius 2 is 1.94 bits per heavy atom. The van der Waals surface area contributed by atoms with Crippen molar-refractivity contribution in [2.75, 3.05) is 7.05 Å². The van der Waals surface area contributed by atoms with Crippen LogP contribution in [0, 0.1) is 11.3 Å². The Hall–Kier alpha value is -3.57. The van der Waals surface area contributed by atoms with Gasteiger partial charge < -0.3 is 5.73 Å². The summed E-state index contributed by atoms with van der Waals surface area (Å²) in [6, 6.07) is 12.0. The predicted molar refractivity (Wildman–Crippen MR) is 125 cm³/mol. The third-order valence-electron chi connectivity index (χ3n) is 5.86. The van der Waals surface area contributed by atoms with Crippen LogP contribution in [0.25, 0.3) is 10.4 Å². The van der Waals surface area contributed by atoms with Crippen LogP contribution < -0.4 is 5.73 Å². The van der Waals surface area contributed by atoms with Gasteiger partial charge in [-0.2, -0.15) is 5.26 Å². The highest BCUT2D eigenvalue weighted by atomic mass is 32.1. The number of likely N-dealkylation sites (N-methyl/N-ethyl adjacent to an activating group) is 1. The van der Waals surface area contributed by atoms with E-state index in [1.54, 1.807) is 25.5 Å². The van der Waals surface area contributed by atoms with Gasteiger partial charge in [-0.1, -0.05) is 38.1 Å². The molecule has 0 saturated heterocycles. The summed E-state index contributed by atoms with van der Waals surface area (Å²) in [4.78, 5) is 29.2. The monoisotopic (exact) mass is 444 g/mol. The van der Waals surface area contributed by atoms with Crippen LogP contribution in [0.15, 0.2) is 53.9 Å². The molecule has 7 nitrogen and oxygen atoms in total. The van der Waals surface area contributed by atoms with Crippen molar-refractivity contribution in [3.63, 3.8) is 0 Å². The van der Waals surface area contributed by atoms with E-state index in [0.717, 1.165) is 16.0 Å². The fraction of sp³-hybridized carbons (Fsp3) is 0.292. The highest BCUT2D eigenvalue weighted by molar-refractivity contribution is 7.15.